The highest BCUT2D eigenvalue weighted by atomic mass is 16.5. The zero-order valence-corrected chi connectivity index (χ0v) is 14.5. The summed E-state index contributed by atoms with van der Waals surface area (Å²) in [6, 6.07) is 18.1. The van der Waals surface area contributed by atoms with Gasteiger partial charge in [0.2, 0.25) is 5.88 Å². The van der Waals surface area contributed by atoms with Gasteiger partial charge in [-0.05, 0) is 30.3 Å². The number of para-hydroxylation sites is 1. The van der Waals surface area contributed by atoms with E-state index < -0.39 is 0 Å². The van der Waals surface area contributed by atoms with Gasteiger partial charge in [0.05, 0.1) is 30.9 Å². The van der Waals surface area contributed by atoms with Crippen molar-refractivity contribution in [1.29, 1.82) is 0 Å². The second-order valence-corrected chi connectivity index (χ2v) is 5.68. The van der Waals surface area contributed by atoms with Crippen molar-refractivity contribution in [2.75, 3.05) is 12.4 Å². The van der Waals surface area contributed by atoms with E-state index in [9.17, 15) is 4.79 Å². The maximum atomic E-state index is 12.9. The molecule has 3 heterocycles. The van der Waals surface area contributed by atoms with Gasteiger partial charge in [0.1, 0.15) is 11.4 Å². The number of amides is 1. The number of nitrogens with zero attached hydrogens (tertiary/aromatic N) is 3. The molecular formula is C20H16N4O3. The number of ether oxygens (including phenoxy) is 1. The van der Waals surface area contributed by atoms with Gasteiger partial charge in [-0.25, -0.2) is 9.67 Å². The van der Waals surface area contributed by atoms with Gasteiger partial charge in [-0.15, -0.1) is 0 Å². The van der Waals surface area contributed by atoms with E-state index in [1.807, 2.05) is 30.3 Å². The Morgan fingerprint density at radius 3 is 2.63 bits per heavy atom. The molecule has 0 spiro atoms. The molecule has 1 N–H and O–H groups in total. The van der Waals surface area contributed by atoms with Crippen LogP contribution in [0.2, 0.25) is 0 Å². The van der Waals surface area contributed by atoms with Crippen molar-refractivity contribution in [3.63, 3.8) is 0 Å². The number of methoxy groups -OCH3 is 1. The molecule has 0 atom stereocenters. The van der Waals surface area contributed by atoms with E-state index in [0.29, 0.717) is 28.7 Å². The zero-order valence-electron chi connectivity index (χ0n) is 14.5. The van der Waals surface area contributed by atoms with Crippen LogP contribution in [0.4, 0.5) is 5.69 Å². The first kappa shape index (κ1) is 16.6. The first-order valence-corrected chi connectivity index (χ1v) is 8.25. The zero-order chi connectivity index (χ0) is 18.6. The number of hydrogen-bond acceptors (Lipinski definition) is 5. The van der Waals surface area contributed by atoms with Crippen molar-refractivity contribution < 1.29 is 13.9 Å². The maximum Gasteiger partial charge on any atom is 0.274 e. The van der Waals surface area contributed by atoms with Gasteiger partial charge in [0, 0.05) is 12.1 Å². The number of hydrogen-bond donors (Lipinski definition) is 1. The van der Waals surface area contributed by atoms with Crippen LogP contribution in [0, 0.1) is 0 Å². The van der Waals surface area contributed by atoms with Crippen molar-refractivity contribution in [3.8, 4) is 23.0 Å². The lowest BCUT2D eigenvalue weighted by molar-refractivity contribution is 0.101. The summed E-state index contributed by atoms with van der Waals surface area (Å²) in [5, 5.41) is 7.37. The van der Waals surface area contributed by atoms with Gasteiger partial charge >= 0.3 is 0 Å². The average molecular weight is 360 g/mol. The largest absolute Gasteiger partial charge is 0.481 e. The van der Waals surface area contributed by atoms with Crippen molar-refractivity contribution in [3.05, 3.63) is 78.8 Å². The van der Waals surface area contributed by atoms with E-state index >= 15 is 0 Å². The molecule has 0 aliphatic rings. The molecule has 0 radical (unpaired) electrons. The predicted molar refractivity (Wildman–Crippen MR) is 100 cm³/mol. The Morgan fingerprint density at radius 1 is 1.11 bits per heavy atom. The van der Waals surface area contributed by atoms with Gasteiger partial charge in [0.25, 0.3) is 5.91 Å². The van der Waals surface area contributed by atoms with Crippen molar-refractivity contribution in [2.24, 2.45) is 0 Å². The summed E-state index contributed by atoms with van der Waals surface area (Å²) < 4.78 is 12.0. The van der Waals surface area contributed by atoms with E-state index in [1.165, 1.54) is 13.3 Å². The molecule has 0 bridgehead atoms. The molecule has 0 aliphatic carbocycles. The van der Waals surface area contributed by atoms with Crippen LogP contribution < -0.4 is 10.1 Å². The molecule has 0 fully saturated rings. The molecule has 0 saturated heterocycles. The normalized spacial score (nSPS) is 10.6. The smallest absolute Gasteiger partial charge is 0.274 e. The van der Waals surface area contributed by atoms with Crippen molar-refractivity contribution in [2.45, 2.75) is 0 Å². The van der Waals surface area contributed by atoms with Crippen LogP contribution >= 0.6 is 0 Å². The summed E-state index contributed by atoms with van der Waals surface area (Å²) in [4.78, 5) is 17.0. The third-order valence-corrected chi connectivity index (χ3v) is 3.92. The van der Waals surface area contributed by atoms with Crippen LogP contribution in [0.5, 0.6) is 5.88 Å². The number of anilines is 1. The minimum atomic E-state index is -0.309. The number of benzene rings is 1. The third-order valence-electron chi connectivity index (χ3n) is 3.92. The second-order valence-electron chi connectivity index (χ2n) is 5.68. The van der Waals surface area contributed by atoms with E-state index in [2.05, 4.69) is 15.4 Å². The van der Waals surface area contributed by atoms with Crippen LogP contribution in [0.1, 0.15) is 10.5 Å². The molecule has 4 aromatic rings. The maximum absolute atomic E-state index is 12.9. The monoisotopic (exact) mass is 360 g/mol. The molecule has 7 heteroatoms. The summed E-state index contributed by atoms with van der Waals surface area (Å²) >= 11 is 0. The van der Waals surface area contributed by atoms with E-state index in [0.717, 1.165) is 5.69 Å². The third kappa shape index (κ3) is 3.43. The highest BCUT2D eigenvalue weighted by Gasteiger charge is 2.19. The number of nitrogens with one attached hydrogen (secondary N) is 1. The fraction of sp³-hybridized carbons (Fsp3) is 0.0500. The lowest BCUT2D eigenvalue weighted by Crippen LogP contribution is -2.17. The Hall–Kier alpha value is -3.87. The standard InChI is InChI=1S/C20H16N4O3/c1-26-19-10-9-14(13-21-19)22-20(25)17-12-16(18-8-5-11-27-18)23-24(17)15-6-3-2-4-7-15/h2-13H,1H3,(H,22,25). The van der Waals surface area contributed by atoms with Gasteiger partial charge in [0.15, 0.2) is 5.76 Å². The van der Waals surface area contributed by atoms with Gasteiger partial charge in [-0.2, -0.15) is 5.10 Å². The van der Waals surface area contributed by atoms with Crippen LogP contribution in [-0.4, -0.2) is 27.8 Å². The Morgan fingerprint density at radius 2 is 1.96 bits per heavy atom. The topological polar surface area (TPSA) is 82.2 Å². The highest BCUT2D eigenvalue weighted by Crippen LogP contribution is 2.23. The molecule has 0 unspecified atom stereocenters. The van der Waals surface area contributed by atoms with Crippen LogP contribution in [0.15, 0.2) is 77.5 Å². The fourth-order valence-corrected chi connectivity index (χ4v) is 2.62. The van der Waals surface area contributed by atoms with Crippen LogP contribution in [-0.2, 0) is 0 Å². The Kier molecular flexibility index (Phi) is 4.40. The van der Waals surface area contributed by atoms with E-state index in [1.54, 1.807) is 41.3 Å². The summed E-state index contributed by atoms with van der Waals surface area (Å²) in [5.41, 5.74) is 2.28. The summed E-state index contributed by atoms with van der Waals surface area (Å²) in [7, 11) is 1.54. The molecule has 0 aliphatic heterocycles. The molecule has 3 aromatic heterocycles. The molecule has 0 saturated carbocycles. The number of furan rings is 1. The number of pyridine rings is 1. The van der Waals surface area contributed by atoms with Gasteiger partial charge in [-0.3, -0.25) is 4.79 Å². The van der Waals surface area contributed by atoms with Gasteiger partial charge in [-0.1, -0.05) is 18.2 Å². The van der Waals surface area contributed by atoms with Crippen LogP contribution in [0.3, 0.4) is 0 Å². The van der Waals surface area contributed by atoms with E-state index in [4.69, 9.17) is 9.15 Å². The number of carbonyl (C=O) groups excluding carboxylic acids is 1. The molecule has 7 nitrogen and oxygen atoms in total. The van der Waals surface area contributed by atoms with E-state index in [-0.39, 0.29) is 5.91 Å². The predicted octanol–water partition coefficient (Wildman–Crippen LogP) is 3.79. The Bertz CT molecular complexity index is 1040. The molecule has 1 aromatic carbocycles. The molecular weight excluding hydrogens is 344 g/mol. The molecule has 27 heavy (non-hydrogen) atoms. The minimum Gasteiger partial charge on any atom is -0.481 e. The van der Waals surface area contributed by atoms with Crippen molar-refractivity contribution in [1.82, 2.24) is 14.8 Å². The SMILES string of the molecule is COc1ccc(NC(=O)c2cc(-c3ccco3)nn2-c2ccccc2)cn1. The Balaban J connectivity index is 1.70. The molecule has 1 amide bonds. The first-order valence-electron chi connectivity index (χ1n) is 8.25. The number of rotatable bonds is 5. The summed E-state index contributed by atoms with van der Waals surface area (Å²) in [5.74, 6) is 0.753. The lowest BCUT2D eigenvalue weighted by atomic mass is 10.2. The number of aromatic nitrogens is 3. The minimum absolute atomic E-state index is 0.309. The first-order chi connectivity index (χ1) is 13.2. The quantitative estimate of drug-likeness (QED) is 0.585. The second kappa shape index (κ2) is 7.17. The fourth-order valence-electron chi connectivity index (χ4n) is 2.62. The average Bonchev–Trinajstić information content (AvgIpc) is 3.39. The molecule has 4 rings (SSSR count). The highest BCUT2D eigenvalue weighted by molar-refractivity contribution is 6.04. The number of carbonyl (C=O) groups is 1. The summed E-state index contributed by atoms with van der Waals surface area (Å²) in [6.45, 7) is 0. The van der Waals surface area contributed by atoms with Gasteiger partial charge < -0.3 is 14.5 Å². The summed E-state index contributed by atoms with van der Waals surface area (Å²) in [6.07, 6.45) is 3.10. The lowest BCUT2D eigenvalue weighted by Gasteiger charge is -2.08. The van der Waals surface area contributed by atoms with Crippen molar-refractivity contribution >= 4 is 11.6 Å². The van der Waals surface area contributed by atoms with Crippen LogP contribution in [0.25, 0.3) is 17.1 Å². The Labute approximate surface area is 155 Å². The molecule has 134 valence electrons.